The van der Waals surface area contributed by atoms with Crippen molar-refractivity contribution in [1.29, 1.82) is 5.26 Å². The van der Waals surface area contributed by atoms with E-state index in [2.05, 4.69) is 4.72 Å². The summed E-state index contributed by atoms with van der Waals surface area (Å²) in [6.45, 7) is 2.54. The Morgan fingerprint density at radius 2 is 2.10 bits per heavy atom. The highest BCUT2D eigenvalue weighted by molar-refractivity contribution is 7.92. The largest absolute Gasteiger partial charge is 0.465 e. The topological polar surface area (TPSA) is 99.5 Å². The number of aryl methyl sites for hydroxylation is 1. The molecule has 2 aromatic carbocycles. The van der Waals surface area contributed by atoms with Gasteiger partial charge in [-0.25, -0.2) is 17.6 Å². The second-order valence-electron chi connectivity index (χ2n) is 7.30. The number of esters is 1. The van der Waals surface area contributed by atoms with E-state index in [9.17, 15) is 22.9 Å². The Labute approximate surface area is 181 Å². The lowest BCUT2D eigenvalue weighted by Gasteiger charge is -2.32. The summed E-state index contributed by atoms with van der Waals surface area (Å²) in [5.74, 6) is -0.645. The van der Waals surface area contributed by atoms with Gasteiger partial charge in [-0.1, -0.05) is 13.0 Å². The first-order valence-electron chi connectivity index (χ1n) is 9.96. The number of rotatable bonds is 6. The van der Waals surface area contributed by atoms with Crippen molar-refractivity contribution >= 4 is 27.4 Å². The summed E-state index contributed by atoms with van der Waals surface area (Å²) in [5, 5.41) is 9.28. The quantitative estimate of drug-likeness (QED) is 0.682. The molecule has 0 radical (unpaired) electrons. The molecule has 0 aromatic heterocycles. The number of anilines is 2. The Morgan fingerprint density at radius 1 is 1.32 bits per heavy atom. The smallest absolute Gasteiger partial charge is 0.337 e. The van der Waals surface area contributed by atoms with Crippen LogP contribution in [0.1, 0.15) is 41.3 Å². The summed E-state index contributed by atoms with van der Waals surface area (Å²) >= 11 is 0. The van der Waals surface area contributed by atoms with Gasteiger partial charge in [-0.15, -0.1) is 0 Å². The van der Waals surface area contributed by atoms with Crippen LogP contribution in [0.5, 0.6) is 0 Å². The number of alkyl halides is 1. The van der Waals surface area contributed by atoms with Gasteiger partial charge in [0.2, 0.25) is 0 Å². The minimum Gasteiger partial charge on any atom is -0.465 e. The fourth-order valence-electron chi connectivity index (χ4n) is 3.65. The molecule has 7 nitrogen and oxygen atoms in total. The van der Waals surface area contributed by atoms with E-state index in [4.69, 9.17) is 4.74 Å². The van der Waals surface area contributed by atoms with E-state index in [1.54, 1.807) is 23.1 Å². The predicted molar refractivity (Wildman–Crippen MR) is 115 cm³/mol. The van der Waals surface area contributed by atoms with Crippen LogP contribution in [0.3, 0.4) is 0 Å². The van der Waals surface area contributed by atoms with Gasteiger partial charge in [0.05, 0.1) is 40.6 Å². The Balaban J connectivity index is 2.05. The number of halogens is 1. The van der Waals surface area contributed by atoms with Gasteiger partial charge in [0.1, 0.15) is 6.17 Å². The lowest BCUT2D eigenvalue weighted by Crippen LogP contribution is -2.37. The van der Waals surface area contributed by atoms with Gasteiger partial charge in [-0.05, 0) is 55.2 Å². The van der Waals surface area contributed by atoms with Gasteiger partial charge in [-0.3, -0.25) is 4.72 Å². The highest BCUT2D eigenvalue weighted by Gasteiger charge is 2.25. The van der Waals surface area contributed by atoms with Crippen LogP contribution < -0.4 is 9.62 Å². The van der Waals surface area contributed by atoms with E-state index in [1.807, 2.05) is 13.0 Å². The SMILES string of the molecule is CCc1ccc(C(=O)OC)cc1S(=O)(=O)Nc1cc(C#N)ccc1N1CCCC(F)C1. The van der Waals surface area contributed by atoms with Crippen LogP contribution >= 0.6 is 0 Å². The van der Waals surface area contributed by atoms with E-state index in [0.717, 1.165) is 0 Å². The summed E-state index contributed by atoms with van der Waals surface area (Å²) < 4.78 is 47.8. The number of nitrogens with one attached hydrogen (secondary N) is 1. The van der Waals surface area contributed by atoms with Gasteiger partial charge >= 0.3 is 5.97 Å². The van der Waals surface area contributed by atoms with Crippen molar-refractivity contribution < 1.29 is 22.3 Å². The van der Waals surface area contributed by atoms with E-state index < -0.39 is 22.2 Å². The van der Waals surface area contributed by atoms with Crippen molar-refractivity contribution in [1.82, 2.24) is 0 Å². The Morgan fingerprint density at radius 3 is 2.74 bits per heavy atom. The zero-order chi connectivity index (χ0) is 22.6. The molecule has 1 unspecified atom stereocenters. The van der Waals surface area contributed by atoms with Crippen molar-refractivity contribution in [3.05, 3.63) is 53.1 Å². The van der Waals surface area contributed by atoms with Crippen LogP contribution in [0.4, 0.5) is 15.8 Å². The van der Waals surface area contributed by atoms with Crippen LogP contribution in [-0.4, -0.2) is 40.8 Å². The molecule has 0 bridgehead atoms. The molecule has 0 spiro atoms. The number of sulfonamides is 1. The summed E-state index contributed by atoms with van der Waals surface area (Å²) in [6.07, 6.45) is 0.540. The van der Waals surface area contributed by atoms with Crippen LogP contribution in [0.2, 0.25) is 0 Å². The van der Waals surface area contributed by atoms with Crippen LogP contribution in [0.25, 0.3) is 0 Å². The second-order valence-corrected chi connectivity index (χ2v) is 8.95. The van der Waals surface area contributed by atoms with Crippen molar-refractivity contribution in [3.8, 4) is 6.07 Å². The maximum absolute atomic E-state index is 14.0. The van der Waals surface area contributed by atoms with E-state index in [-0.39, 0.29) is 28.3 Å². The number of nitriles is 1. The van der Waals surface area contributed by atoms with Gasteiger partial charge < -0.3 is 9.64 Å². The number of carbonyl (C=O) groups is 1. The number of hydrogen-bond donors (Lipinski definition) is 1. The number of hydrogen-bond acceptors (Lipinski definition) is 6. The van der Waals surface area contributed by atoms with E-state index >= 15 is 0 Å². The monoisotopic (exact) mass is 445 g/mol. The van der Waals surface area contributed by atoms with Gasteiger partial charge in [-0.2, -0.15) is 5.26 Å². The minimum absolute atomic E-state index is 0.0479. The van der Waals surface area contributed by atoms with Gasteiger partial charge in [0.25, 0.3) is 10.0 Å². The van der Waals surface area contributed by atoms with Crippen molar-refractivity contribution in [3.63, 3.8) is 0 Å². The lowest BCUT2D eigenvalue weighted by molar-refractivity contribution is 0.0600. The molecule has 3 rings (SSSR count). The Bertz CT molecular complexity index is 1130. The summed E-state index contributed by atoms with van der Waals surface area (Å²) in [4.78, 5) is 13.6. The predicted octanol–water partition coefficient (Wildman–Crippen LogP) is 3.65. The molecule has 9 heteroatoms. The number of methoxy groups -OCH3 is 1. The molecule has 1 fully saturated rings. The molecule has 1 heterocycles. The number of carbonyl (C=O) groups excluding carboxylic acids is 1. The summed E-state index contributed by atoms with van der Waals surface area (Å²) in [5.41, 5.74) is 1.61. The average Bonchev–Trinajstić information content (AvgIpc) is 2.77. The summed E-state index contributed by atoms with van der Waals surface area (Å²) in [7, 11) is -2.89. The molecule has 0 amide bonds. The fourth-order valence-corrected chi connectivity index (χ4v) is 5.05. The van der Waals surface area contributed by atoms with Crippen molar-refractivity contribution in [2.75, 3.05) is 29.8 Å². The molecular formula is C22H24FN3O4S. The zero-order valence-electron chi connectivity index (χ0n) is 17.4. The first kappa shape index (κ1) is 22.6. The molecule has 0 aliphatic carbocycles. The first-order chi connectivity index (χ1) is 14.8. The molecule has 164 valence electrons. The molecule has 1 aliphatic rings. The molecule has 31 heavy (non-hydrogen) atoms. The average molecular weight is 446 g/mol. The van der Waals surface area contributed by atoms with E-state index in [0.29, 0.717) is 37.1 Å². The van der Waals surface area contributed by atoms with Gasteiger partial charge in [0.15, 0.2) is 0 Å². The molecule has 1 saturated heterocycles. The zero-order valence-corrected chi connectivity index (χ0v) is 18.2. The number of benzene rings is 2. The fraction of sp³-hybridized carbons (Fsp3) is 0.364. The molecule has 1 atom stereocenters. The summed E-state index contributed by atoms with van der Waals surface area (Å²) in [6, 6.07) is 11.0. The molecule has 2 aromatic rings. The van der Waals surface area contributed by atoms with Crippen LogP contribution in [-0.2, 0) is 21.2 Å². The van der Waals surface area contributed by atoms with E-state index in [1.165, 1.54) is 25.3 Å². The highest BCUT2D eigenvalue weighted by Crippen LogP contribution is 2.32. The third-order valence-corrected chi connectivity index (χ3v) is 6.68. The van der Waals surface area contributed by atoms with Crippen LogP contribution in [0, 0.1) is 11.3 Å². The molecule has 1 N–H and O–H groups in total. The van der Waals surface area contributed by atoms with Crippen molar-refractivity contribution in [2.45, 2.75) is 37.3 Å². The van der Waals surface area contributed by atoms with Crippen LogP contribution in [0.15, 0.2) is 41.3 Å². The maximum atomic E-state index is 14.0. The normalized spacial score (nSPS) is 16.5. The first-order valence-corrected chi connectivity index (χ1v) is 11.4. The second kappa shape index (κ2) is 9.35. The van der Waals surface area contributed by atoms with Gasteiger partial charge in [0, 0.05) is 13.1 Å². The Kier molecular flexibility index (Phi) is 6.81. The number of ether oxygens (including phenoxy) is 1. The Hall–Kier alpha value is -3.12. The third-order valence-electron chi connectivity index (χ3n) is 5.23. The third kappa shape index (κ3) is 4.97. The standard InChI is InChI=1S/C22H24FN3O4S/c1-3-16-7-8-17(22(27)30-2)12-21(16)31(28,29)25-19-11-15(13-24)6-9-20(19)26-10-4-5-18(23)14-26/h6-9,11-12,18,25H,3-5,10,14H2,1-2H3. The molecule has 1 aliphatic heterocycles. The minimum atomic E-state index is -4.11. The number of nitrogens with zero attached hydrogens (tertiary/aromatic N) is 2. The molecule has 0 saturated carbocycles. The number of piperidine rings is 1. The highest BCUT2D eigenvalue weighted by atomic mass is 32.2. The maximum Gasteiger partial charge on any atom is 0.337 e. The van der Waals surface area contributed by atoms with Crippen molar-refractivity contribution in [2.24, 2.45) is 0 Å². The lowest BCUT2D eigenvalue weighted by atomic mass is 10.1. The molecular weight excluding hydrogens is 421 g/mol.